The molecule has 1 aliphatic heterocycles. The van der Waals surface area contributed by atoms with Crippen molar-refractivity contribution in [1.29, 1.82) is 0 Å². The summed E-state index contributed by atoms with van der Waals surface area (Å²) in [5, 5.41) is 9.27. The van der Waals surface area contributed by atoms with Crippen LogP contribution in [0.1, 0.15) is 64.4 Å². The Kier molecular flexibility index (Phi) is 9.54. The summed E-state index contributed by atoms with van der Waals surface area (Å²) in [5.74, 6) is -6.04. The zero-order chi connectivity index (χ0) is 23.7. The van der Waals surface area contributed by atoms with E-state index in [2.05, 4.69) is 0 Å². The number of likely N-dealkylation sites (tertiary alicyclic amines) is 1. The van der Waals surface area contributed by atoms with E-state index in [9.17, 15) is 28.3 Å². The number of carbonyl (C=O) groups is 3. The highest BCUT2D eigenvalue weighted by Gasteiger charge is 2.39. The lowest BCUT2D eigenvalue weighted by molar-refractivity contribution is -0.143. The summed E-state index contributed by atoms with van der Waals surface area (Å²) in [7, 11) is 0. The third kappa shape index (κ3) is 6.97. The van der Waals surface area contributed by atoms with E-state index in [4.69, 9.17) is 0 Å². The van der Waals surface area contributed by atoms with Crippen molar-refractivity contribution in [2.75, 3.05) is 6.54 Å². The molecule has 1 aromatic rings. The second-order valence-corrected chi connectivity index (χ2v) is 8.75. The molecule has 2 rings (SSSR count). The average Bonchev–Trinajstić information content (AvgIpc) is 2.75. The van der Waals surface area contributed by atoms with Crippen molar-refractivity contribution in [3.63, 3.8) is 0 Å². The largest absolute Gasteiger partial charge is 0.481 e. The van der Waals surface area contributed by atoms with Crippen LogP contribution in [-0.4, -0.2) is 40.3 Å². The van der Waals surface area contributed by atoms with E-state index in [-0.39, 0.29) is 29.3 Å². The first kappa shape index (κ1) is 25.7. The van der Waals surface area contributed by atoms with Crippen LogP contribution in [0, 0.1) is 11.8 Å². The molecule has 1 aliphatic rings. The highest BCUT2D eigenvalue weighted by Crippen LogP contribution is 2.30. The summed E-state index contributed by atoms with van der Waals surface area (Å²) >= 11 is 0. The molecule has 0 radical (unpaired) electrons. The standard InChI is InChI=1S/C25H33F2NO4/c1-18(2)21(24(31)32)13-7-4-8-17-28-20(12-9-14-23(28)30)15-16-22(29)25(26,27)19-10-5-3-6-11-19/h3,5-6,10-11,15-16,18,20-21H,4,7-9,12-14,17H2,1-2H3,(H,31,32)/b16-15+/t20-,21?/m1/s1. The van der Waals surface area contributed by atoms with Crippen molar-refractivity contribution in [2.45, 2.75) is 70.8 Å². The van der Waals surface area contributed by atoms with Crippen LogP contribution in [-0.2, 0) is 20.3 Å². The minimum atomic E-state index is -3.61. The van der Waals surface area contributed by atoms with Gasteiger partial charge < -0.3 is 10.0 Å². The van der Waals surface area contributed by atoms with Crippen LogP contribution in [0.3, 0.4) is 0 Å². The van der Waals surface area contributed by atoms with Gasteiger partial charge in [0.15, 0.2) is 0 Å². The molecule has 1 heterocycles. The number of halogens is 2. The first-order valence-corrected chi connectivity index (χ1v) is 11.3. The number of unbranched alkanes of at least 4 members (excludes halogenated alkanes) is 2. The molecule has 1 aromatic carbocycles. The molecular formula is C25H33F2NO4. The van der Waals surface area contributed by atoms with Gasteiger partial charge >= 0.3 is 11.9 Å². The van der Waals surface area contributed by atoms with Crippen LogP contribution >= 0.6 is 0 Å². The third-order valence-electron chi connectivity index (χ3n) is 6.06. The Hall–Kier alpha value is -2.57. The lowest BCUT2D eigenvalue weighted by Gasteiger charge is -2.34. The van der Waals surface area contributed by atoms with Crippen LogP contribution in [0.4, 0.5) is 8.78 Å². The zero-order valence-electron chi connectivity index (χ0n) is 18.8. The van der Waals surface area contributed by atoms with Gasteiger partial charge in [0.1, 0.15) is 0 Å². The Morgan fingerprint density at radius 1 is 1.19 bits per heavy atom. The molecule has 5 nitrogen and oxygen atoms in total. The molecule has 0 spiro atoms. The van der Waals surface area contributed by atoms with Crippen LogP contribution < -0.4 is 0 Å². The van der Waals surface area contributed by atoms with E-state index in [1.54, 1.807) is 11.0 Å². The topological polar surface area (TPSA) is 74.7 Å². The number of piperidine rings is 1. The van der Waals surface area contributed by atoms with Crippen molar-refractivity contribution in [3.8, 4) is 0 Å². The van der Waals surface area contributed by atoms with Crippen LogP contribution in [0.25, 0.3) is 0 Å². The average molecular weight is 450 g/mol. The highest BCUT2D eigenvalue weighted by atomic mass is 19.3. The summed E-state index contributed by atoms with van der Waals surface area (Å²) in [5.41, 5.74) is -0.354. The number of benzene rings is 1. The SMILES string of the molecule is CC(C)C(CCCCCN1C(=O)CCC[C@@H]1/C=C/C(=O)C(F)(F)c1ccccc1)C(=O)O. The number of rotatable bonds is 12. The fraction of sp³-hybridized carbons (Fsp3) is 0.560. The fourth-order valence-electron chi connectivity index (χ4n) is 4.10. The summed E-state index contributed by atoms with van der Waals surface area (Å²) in [4.78, 5) is 37.5. The van der Waals surface area contributed by atoms with E-state index in [1.807, 2.05) is 13.8 Å². The molecule has 176 valence electrons. The molecule has 1 amide bonds. The van der Waals surface area contributed by atoms with E-state index < -0.39 is 17.7 Å². The summed E-state index contributed by atoms with van der Waals surface area (Å²) in [6.07, 6.45) is 6.85. The first-order valence-electron chi connectivity index (χ1n) is 11.3. The smallest absolute Gasteiger partial charge is 0.334 e. The maximum absolute atomic E-state index is 14.4. The first-order chi connectivity index (χ1) is 15.1. The minimum Gasteiger partial charge on any atom is -0.481 e. The number of amides is 1. The van der Waals surface area contributed by atoms with Crippen LogP contribution in [0.15, 0.2) is 42.5 Å². The summed E-state index contributed by atoms with van der Waals surface area (Å²) in [6, 6.07) is 6.58. The van der Waals surface area contributed by atoms with Crippen molar-refractivity contribution in [1.82, 2.24) is 4.90 Å². The highest BCUT2D eigenvalue weighted by molar-refractivity contribution is 5.96. The predicted molar refractivity (Wildman–Crippen MR) is 118 cm³/mol. The molecule has 0 aliphatic carbocycles. The molecule has 1 N–H and O–H groups in total. The van der Waals surface area contributed by atoms with E-state index in [0.29, 0.717) is 38.6 Å². The lowest BCUT2D eigenvalue weighted by Crippen LogP contribution is -2.43. The van der Waals surface area contributed by atoms with Crippen LogP contribution in [0.5, 0.6) is 0 Å². The van der Waals surface area contributed by atoms with Crippen molar-refractivity contribution in [3.05, 3.63) is 48.0 Å². The second-order valence-electron chi connectivity index (χ2n) is 8.75. The lowest BCUT2D eigenvalue weighted by atomic mass is 9.90. The monoisotopic (exact) mass is 449 g/mol. The van der Waals surface area contributed by atoms with Gasteiger partial charge in [0.25, 0.3) is 0 Å². The maximum atomic E-state index is 14.4. The molecule has 2 atom stereocenters. The normalized spacial score (nSPS) is 18.3. The van der Waals surface area contributed by atoms with Gasteiger partial charge in [0.05, 0.1) is 12.0 Å². The van der Waals surface area contributed by atoms with Gasteiger partial charge in [0.2, 0.25) is 11.7 Å². The molecule has 0 bridgehead atoms. The van der Waals surface area contributed by atoms with Gasteiger partial charge in [-0.15, -0.1) is 0 Å². The molecular weight excluding hydrogens is 416 g/mol. The van der Waals surface area contributed by atoms with E-state index in [1.165, 1.54) is 30.3 Å². The second kappa shape index (κ2) is 11.9. The Bertz CT molecular complexity index is 807. The van der Waals surface area contributed by atoms with Gasteiger partial charge in [-0.2, -0.15) is 8.78 Å². The number of ketones is 1. The maximum Gasteiger partial charge on any atom is 0.334 e. The quantitative estimate of drug-likeness (QED) is 0.351. The number of hydrogen-bond acceptors (Lipinski definition) is 3. The van der Waals surface area contributed by atoms with Gasteiger partial charge in [-0.3, -0.25) is 14.4 Å². The number of allylic oxidation sites excluding steroid dienone is 1. The minimum absolute atomic E-state index is 0.0428. The van der Waals surface area contributed by atoms with Gasteiger partial charge in [-0.05, 0) is 37.7 Å². The number of nitrogens with zero attached hydrogens (tertiary/aromatic N) is 1. The predicted octanol–water partition coefficient (Wildman–Crippen LogP) is 5.20. The summed E-state index contributed by atoms with van der Waals surface area (Å²) < 4.78 is 28.8. The molecule has 0 aromatic heterocycles. The number of carboxylic acid groups (broad SMARTS) is 1. The number of carboxylic acids is 1. The number of alkyl halides is 2. The Labute approximate surface area is 188 Å². The van der Waals surface area contributed by atoms with Crippen molar-refractivity contribution >= 4 is 17.7 Å². The molecule has 32 heavy (non-hydrogen) atoms. The van der Waals surface area contributed by atoms with Crippen LogP contribution in [0.2, 0.25) is 0 Å². The number of carbonyl (C=O) groups excluding carboxylic acids is 2. The van der Waals surface area contributed by atoms with Crippen molar-refractivity contribution < 1.29 is 28.3 Å². The molecule has 1 saturated heterocycles. The Morgan fingerprint density at radius 3 is 2.50 bits per heavy atom. The Morgan fingerprint density at radius 2 is 1.88 bits per heavy atom. The van der Waals surface area contributed by atoms with E-state index >= 15 is 0 Å². The molecule has 7 heteroatoms. The summed E-state index contributed by atoms with van der Waals surface area (Å²) in [6.45, 7) is 4.26. The Balaban J connectivity index is 1.92. The van der Waals surface area contributed by atoms with Crippen molar-refractivity contribution in [2.24, 2.45) is 11.8 Å². The zero-order valence-corrected chi connectivity index (χ0v) is 18.8. The van der Waals surface area contributed by atoms with Gasteiger partial charge in [-0.1, -0.05) is 63.1 Å². The number of hydrogen-bond donors (Lipinski definition) is 1. The third-order valence-corrected chi connectivity index (χ3v) is 6.06. The number of aliphatic carboxylic acids is 1. The van der Waals surface area contributed by atoms with E-state index in [0.717, 1.165) is 18.9 Å². The molecule has 0 saturated carbocycles. The fourth-order valence-corrected chi connectivity index (χ4v) is 4.10. The van der Waals surface area contributed by atoms with Gasteiger partial charge in [-0.25, -0.2) is 0 Å². The molecule has 1 fully saturated rings. The van der Waals surface area contributed by atoms with Gasteiger partial charge in [0, 0.05) is 18.5 Å². The molecule has 1 unspecified atom stereocenters.